The smallest absolute Gasteiger partial charge is 0.238 e. The van der Waals surface area contributed by atoms with Gasteiger partial charge < -0.3 is 4.57 Å². The molecule has 0 saturated carbocycles. The molecule has 2 rings (SSSR count). The van der Waals surface area contributed by atoms with Crippen molar-refractivity contribution in [3.05, 3.63) is 53.9 Å². The van der Waals surface area contributed by atoms with E-state index >= 15 is 0 Å². The molecule has 0 amide bonds. The number of Topliss-reactive ketones (excluding diaryl/α,β-unsaturated/α-hetero) is 1. The van der Waals surface area contributed by atoms with Gasteiger partial charge in [0.1, 0.15) is 0 Å². The molecule has 1 aromatic heterocycles. The molecule has 0 aliphatic carbocycles. The van der Waals surface area contributed by atoms with Gasteiger partial charge in [0.05, 0.1) is 17.1 Å². The highest BCUT2D eigenvalue weighted by Gasteiger charge is 2.18. The van der Waals surface area contributed by atoms with Crippen LogP contribution in [0.5, 0.6) is 0 Å². The minimum atomic E-state index is -3.69. The molecular weight excluding hydrogens is 314 g/mol. The maximum atomic E-state index is 12.3. The van der Waals surface area contributed by atoms with Gasteiger partial charge in [-0.3, -0.25) is 9.69 Å². The van der Waals surface area contributed by atoms with Crippen LogP contribution in [0.2, 0.25) is 0 Å². The fourth-order valence-electron chi connectivity index (χ4n) is 2.39. The van der Waals surface area contributed by atoms with E-state index in [1.807, 2.05) is 38.2 Å². The predicted molar refractivity (Wildman–Crippen MR) is 88.6 cm³/mol. The Labute approximate surface area is 136 Å². The molecule has 1 heterocycles. The molecule has 0 unspecified atom stereocenters. The fraction of sp³-hybridized carbons (Fsp3) is 0.312. The van der Waals surface area contributed by atoms with Crippen molar-refractivity contribution in [3.8, 4) is 0 Å². The number of hydrogen-bond acceptors (Lipinski definition) is 4. The lowest BCUT2D eigenvalue weighted by atomic mass is 10.1. The lowest BCUT2D eigenvalue weighted by molar-refractivity contribution is 0.0916. The molecule has 0 radical (unpaired) electrons. The van der Waals surface area contributed by atoms with Gasteiger partial charge in [0.2, 0.25) is 10.0 Å². The van der Waals surface area contributed by atoms with Crippen LogP contribution in [0, 0.1) is 0 Å². The summed E-state index contributed by atoms with van der Waals surface area (Å²) in [6, 6.07) is 9.99. The van der Waals surface area contributed by atoms with Crippen LogP contribution in [0.3, 0.4) is 0 Å². The average Bonchev–Trinajstić information content (AvgIpc) is 2.92. The topological polar surface area (TPSA) is 85.4 Å². The Bertz CT molecular complexity index is 794. The van der Waals surface area contributed by atoms with Gasteiger partial charge >= 0.3 is 0 Å². The lowest BCUT2D eigenvalue weighted by Gasteiger charge is -2.24. The second-order valence-corrected chi connectivity index (χ2v) is 7.19. The maximum Gasteiger partial charge on any atom is 0.238 e. The Morgan fingerprint density at radius 3 is 2.35 bits per heavy atom. The van der Waals surface area contributed by atoms with Gasteiger partial charge in [0.15, 0.2) is 5.78 Å². The van der Waals surface area contributed by atoms with Gasteiger partial charge in [-0.25, -0.2) is 13.6 Å². The monoisotopic (exact) mass is 335 g/mol. The summed E-state index contributed by atoms with van der Waals surface area (Å²) >= 11 is 0. The average molecular weight is 335 g/mol. The molecule has 124 valence electrons. The number of nitrogens with two attached hydrogens (primary N) is 1. The number of primary sulfonamides is 1. The standard InChI is InChI=1S/C16H21N3O3S/c1-12(13-6-8-14(9-7-13)23(17,21)22)19(3)11-16(20)15-5-4-10-18(15)2/h4-10,12H,11H2,1-3H3,(H2,17,21,22)/t12-/m0/s1. The molecule has 1 atom stereocenters. The molecule has 0 aliphatic heterocycles. The van der Waals surface area contributed by atoms with Crippen molar-refractivity contribution in [1.82, 2.24) is 9.47 Å². The molecule has 2 aromatic rings. The van der Waals surface area contributed by atoms with Crippen molar-refractivity contribution in [2.75, 3.05) is 13.6 Å². The summed E-state index contributed by atoms with van der Waals surface area (Å²) in [5.74, 6) is 0.0352. The number of nitrogens with zero attached hydrogens (tertiary/aromatic N) is 2. The van der Waals surface area contributed by atoms with E-state index in [9.17, 15) is 13.2 Å². The highest BCUT2D eigenvalue weighted by Crippen LogP contribution is 2.20. The number of rotatable bonds is 6. The van der Waals surface area contributed by atoms with Crippen LogP contribution in [0.1, 0.15) is 29.0 Å². The first kappa shape index (κ1) is 17.4. The van der Waals surface area contributed by atoms with Crippen LogP contribution < -0.4 is 5.14 Å². The molecule has 0 aliphatic rings. The summed E-state index contributed by atoms with van der Waals surface area (Å²) in [5, 5.41) is 5.09. The Hall–Kier alpha value is -1.96. The molecule has 1 aromatic carbocycles. The number of likely N-dealkylation sites (N-methyl/N-ethyl adjacent to an activating group) is 1. The van der Waals surface area contributed by atoms with Gasteiger partial charge in [-0.15, -0.1) is 0 Å². The van der Waals surface area contributed by atoms with Gasteiger partial charge in [-0.1, -0.05) is 12.1 Å². The van der Waals surface area contributed by atoms with E-state index in [1.165, 1.54) is 12.1 Å². The first-order valence-corrected chi connectivity index (χ1v) is 8.72. The Balaban J connectivity index is 2.09. The van der Waals surface area contributed by atoms with Crippen LogP contribution in [0.25, 0.3) is 0 Å². The third-order valence-corrected chi connectivity index (χ3v) is 4.90. The minimum absolute atomic E-state index is 0.0336. The molecule has 2 N–H and O–H groups in total. The van der Waals surface area contributed by atoms with Gasteiger partial charge in [-0.05, 0) is 43.8 Å². The van der Waals surface area contributed by atoms with Crippen LogP contribution in [-0.2, 0) is 17.1 Å². The van der Waals surface area contributed by atoms with E-state index < -0.39 is 10.0 Å². The number of carbonyl (C=O) groups excluding carboxylic acids is 1. The van der Waals surface area contributed by atoms with E-state index in [0.29, 0.717) is 5.69 Å². The Kier molecular flexibility index (Phi) is 5.03. The molecular formula is C16H21N3O3S. The summed E-state index contributed by atoms with van der Waals surface area (Å²) in [6.45, 7) is 2.24. The summed E-state index contributed by atoms with van der Waals surface area (Å²) in [4.78, 5) is 14.3. The third kappa shape index (κ3) is 4.07. The number of sulfonamides is 1. The van der Waals surface area contributed by atoms with Crippen molar-refractivity contribution in [2.45, 2.75) is 17.9 Å². The molecule has 7 heteroatoms. The number of aromatic nitrogens is 1. The summed E-state index contributed by atoms with van der Waals surface area (Å²) in [7, 11) is 0.00677. The Morgan fingerprint density at radius 1 is 1.26 bits per heavy atom. The SMILES string of the molecule is C[C@@H](c1ccc(S(N)(=O)=O)cc1)N(C)CC(=O)c1cccn1C. The van der Waals surface area contributed by atoms with Crippen molar-refractivity contribution in [2.24, 2.45) is 12.2 Å². The second-order valence-electron chi connectivity index (χ2n) is 5.63. The van der Waals surface area contributed by atoms with Crippen molar-refractivity contribution in [3.63, 3.8) is 0 Å². The maximum absolute atomic E-state index is 12.3. The van der Waals surface area contributed by atoms with E-state index in [1.54, 1.807) is 22.8 Å². The van der Waals surface area contributed by atoms with Gasteiger partial charge in [0, 0.05) is 19.3 Å². The van der Waals surface area contributed by atoms with Crippen molar-refractivity contribution < 1.29 is 13.2 Å². The largest absolute Gasteiger partial charge is 0.348 e. The number of aryl methyl sites for hydroxylation is 1. The summed E-state index contributed by atoms with van der Waals surface area (Å²) in [6.07, 6.45) is 1.84. The highest BCUT2D eigenvalue weighted by molar-refractivity contribution is 7.89. The van der Waals surface area contributed by atoms with Gasteiger partial charge in [0.25, 0.3) is 0 Å². The molecule has 0 spiro atoms. The number of carbonyl (C=O) groups is 1. The number of ketones is 1. The lowest BCUT2D eigenvalue weighted by Crippen LogP contribution is -2.29. The molecule has 0 fully saturated rings. The zero-order valence-corrected chi connectivity index (χ0v) is 14.2. The van der Waals surface area contributed by atoms with E-state index in [4.69, 9.17) is 5.14 Å². The van der Waals surface area contributed by atoms with E-state index in [0.717, 1.165) is 5.56 Å². The zero-order chi connectivity index (χ0) is 17.2. The van der Waals surface area contributed by atoms with Crippen LogP contribution in [0.15, 0.2) is 47.5 Å². The fourth-order valence-corrected chi connectivity index (χ4v) is 2.90. The molecule has 0 bridgehead atoms. The normalized spacial score (nSPS) is 13.3. The van der Waals surface area contributed by atoms with Crippen LogP contribution in [0.4, 0.5) is 0 Å². The van der Waals surface area contributed by atoms with Crippen LogP contribution >= 0.6 is 0 Å². The molecule has 6 nitrogen and oxygen atoms in total. The van der Waals surface area contributed by atoms with E-state index in [-0.39, 0.29) is 23.3 Å². The number of benzene rings is 1. The minimum Gasteiger partial charge on any atom is -0.348 e. The highest BCUT2D eigenvalue weighted by atomic mass is 32.2. The quantitative estimate of drug-likeness (QED) is 0.812. The zero-order valence-electron chi connectivity index (χ0n) is 13.4. The predicted octanol–water partition coefficient (Wildman–Crippen LogP) is 1.55. The van der Waals surface area contributed by atoms with Crippen molar-refractivity contribution >= 4 is 15.8 Å². The van der Waals surface area contributed by atoms with E-state index in [2.05, 4.69) is 0 Å². The number of hydrogen-bond donors (Lipinski definition) is 1. The second kappa shape index (κ2) is 6.66. The summed E-state index contributed by atoms with van der Waals surface area (Å²) in [5.41, 5.74) is 1.58. The molecule has 0 saturated heterocycles. The molecule has 23 heavy (non-hydrogen) atoms. The van der Waals surface area contributed by atoms with Crippen molar-refractivity contribution in [1.29, 1.82) is 0 Å². The Morgan fingerprint density at radius 2 is 1.87 bits per heavy atom. The third-order valence-electron chi connectivity index (χ3n) is 3.97. The first-order valence-electron chi connectivity index (χ1n) is 7.17. The van der Waals surface area contributed by atoms with Gasteiger partial charge in [-0.2, -0.15) is 0 Å². The van der Waals surface area contributed by atoms with Crippen LogP contribution in [-0.4, -0.2) is 37.3 Å². The first-order chi connectivity index (χ1) is 10.7. The summed E-state index contributed by atoms with van der Waals surface area (Å²) < 4.78 is 24.3.